The van der Waals surface area contributed by atoms with E-state index in [0.717, 1.165) is 48.7 Å². The number of rotatable bonds is 5. The number of aryl methyl sites for hydroxylation is 1. The molecule has 0 amide bonds. The number of hydrogen-bond acceptors (Lipinski definition) is 5. The molecular weight excluding hydrogens is 316 g/mol. The van der Waals surface area contributed by atoms with Crippen LogP contribution in [0.25, 0.3) is 6.08 Å². The largest absolute Gasteiger partial charge is 0.463 e. The summed E-state index contributed by atoms with van der Waals surface area (Å²) in [6, 6.07) is 4.09. The third-order valence-electron chi connectivity index (χ3n) is 4.70. The lowest BCUT2D eigenvalue weighted by Crippen LogP contribution is -2.18. The molecule has 0 bridgehead atoms. The van der Waals surface area contributed by atoms with E-state index in [1.165, 1.54) is 11.6 Å². The van der Waals surface area contributed by atoms with E-state index in [1.54, 1.807) is 0 Å². The number of esters is 1. The minimum absolute atomic E-state index is 0.320. The molecular formula is C19H22N4O2. The third kappa shape index (κ3) is 2.92. The van der Waals surface area contributed by atoms with Crippen molar-refractivity contribution in [3.05, 3.63) is 41.2 Å². The second-order valence-corrected chi connectivity index (χ2v) is 6.49. The summed E-state index contributed by atoms with van der Waals surface area (Å²) in [7, 11) is 1.96. The van der Waals surface area contributed by atoms with E-state index in [1.807, 2.05) is 37.0 Å². The molecule has 0 spiro atoms. The predicted octanol–water partition coefficient (Wildman–Crippen LogP) is 2.96. The molecule has 0 N–H and O–H groups in total. The van der Waals surface area contributed by atoms with Crippen LogP contribution in [0.4, 0.5) is 11.6 Å². The third-order valence-corrected chi connectivity index (χ3v) is 4.70. The Morgan fingerprint density at radius 3 is 3.04 bits per heavy atom. The molecule has 0 atom stereocenters. The lowest BCUT2D eigenvalue weighted by atomic mass is 10.1. The average Bonchev–Trinajstić information content (AvgIpc) is 3.29. The number of fused-ring (bicyclic) bond motifs is 1. The Morgan fingerprint density at radius 2 is 2.28 bits per heavy atom. The summed E-state index contributed by atoms with van der Waals surface area (Å²) in [6.45, 7) is 3.06. The molecule has 0 aromatic carbocycles. The van der Waals surface area contributed by atoms with Gasteiger partial charge in [-0.05, 0) is 43.9 Å². The summed E-state index contributed by atoms with van der Waals surface area (Å²) in [4.78, 5) is 18.6. The van der Waals surface area contributed by atoms with Crippen molar-refractivity contribution < 1.29 is 9.53 Å². The predicted molar refractivity (Wildman–Crippen MR) is 95.8 cm³/mol. The van der Waals surface area contributed by atoms with Crippen LogP contribution in [-0.2, 0) is 23.0 Å². The summed E-state index contributed by atoms with van der Waals surface area (Å²) < 4.78 is 6.95. The molecule has 6 heteroatoms. The highest BCUT2D eigenvalue weighted by Gasteiger charge is 2.34. The zero-order valence-corrected chi connectivity index (χ0v) is 14.6. The molecule has 1 aliphatic heterocycles. The number of nitrogens with zero attached hydrogens (tertiary/aromatic N) is 4. The van der Waals surface area contributed by atoms with E-state index < -0.39 is 0 Å². The standard InChI is InChI=1S/C19H22N4O2/c1-3-25-16(24)9-8-15-17(13-6-7-13)21-22(2)19(15)23-12-10-14-5-4-11-20-18(14)23/h4-5,8-9,11,13H,3,6-7,10,12H2,1-2H3/b9-8+. The van der Waals surface area contributed by atoms with Crippen molar-refractivity contribution in [2.45, 2.75) is 32.1 Å². The maximum Gasteiger partial charge on any atom is 0.330 e. The quantitative estimate of drug-likeness (QED) is 0.620. The van der Waals surface area contributed by atoms with Gasteiger partial charge < -0.3 is 9.64 Å². The molecule has 1 fully saturated rings. The van der Waals surface area contributed by atoms with Gasteiger partial charge in [0.25, 0.3) is 0 Å². The molecule has 0 unspecified atom stereocenters. The SMILES string of the molecule is CCOC(=O)/C=C/c1c(C2CC2)nn(C)c1N1CCc2cccnc21. The second kappa shape index (κ2) is 6.35. The first-order chi connectivity index (χ1) is 12.2. The smallest absolute Gasteiger partial charge is 0.330 e. The van der Waals surface area contributed by atoms with Crippen LogP contribution < -0.4 is 4.90 Å². The van der Waals surface area contributed by atoms with Gasteiger partial charge in [0.05, 0.1) is 12.3 Å². The van der Waals surface area contributed by atoms with Gasteiger partial charge in [-0.2, -0.15) is 5.10 Å². The zero-order chi connectivity index (χ0) is 17.4. The summed E-state index contributed by atoms with van der Waals surface area (Å²) in [5.74, 6) is 2.16. The monoisotopic (exact) mass is 338 g/mol. The fraction of sp³-hybridized carbons (Fsp3) is 0.421. The Labute approximate surface area is 147 Å². The molecule has 2 aromatic heterocycles. The number of hydrogen-bond donors (Lipinski definition) is 0. The topological polar surface area (TPSA) is 60.2 Å². The van der Waals surface area contributed by atoms with Crippen molar-refractivity contribution in [2.24, 2.45) is 7.05 Å². The van der Waals surface area contributed by atoms with Crippen molar-refractivity contribution in [1.29, 1.82) is 0 Å². The fourth-order valence-electron chi connectivity index (χ4n) is 3.44. The van der Waals surface area contributed by atoms with Gasteiger partial charge in [-0.15, -0.1) is 0 Å². The Balaban J connectivity index is 1.76. The van der Waals surface area contributed by atoms with Gasteiger partial charge in [0.2, 0.25) is 0 Å². The van der Waals surface area contributed by atoms with E-state index in [2.05, 4.69) is 16.0 Å². The molecule has 0 saturated heterocycles. The fourth-order valence-corrected chi connectivity index (χ4v) is 3.44. The Kier molecular flexibility index (Phi) is 4.03. The van der Waals surface area contributed by atoms with Gasteiger partial charge in [-0.3, -0.25) is 4.68 Å². The van der Waals surface area contributed by atoms with Crippen LogP contribution in [0.1, 0.15) is 42.5 Å². The first kappa shape index (κ1) is 15.9. The van der Waals surface area contributed by atoms with Crippen LogP contribution in [0.3, 0.4) is 0 Å². The van der Waals surface area contributed by atoms with Gasteiger partial charge >= 0.3 is 5.97 Å². The van der Waals surface area contributed by atoms with Gasteiger partial charge in [0.1, 0.15) is 11.6 Å². The number of pyridine rings is 1. The molecule has 3 heterocycles. The molecule has 130 valence electrons. The number of carbonyl (C=O) groups is 1. The van der Waals surface area contributed by atoms with Crippen molar-refractivity contribution in [3.63, 3.8) is 0 Å². The number of aromatic nitrogens is 3. The van der Waals surface area contributed by atoms with Crippen LogP contribution >= 0.6 is 0 Å². The Bertz CT molecular complexity index is 836. The zero-order valence-electron chi connectivity index (χ0n) is 14.6. The van der Waals surface area contributed by atoms with Crippen LogP contribution in [0, 0.1) is 0 Å². The number of ether oxygens (including phenoxy) is 1. The first-order valence-electron chi connectivity index (χ1n) is 8.82. The average molecular weight is 338 g/mol. The van der Waals surface area contributed by atoms with Crippen molar-refractivity contribution in [2.75, 3.05) is 18.1 Å². The molecule has 0 radical (unpaired) electrons. The van der Waals surface area contributed by atoms with Crippen molar-refractivity contribution in [1.82, 2.24) is 14.8 Å². The van der Waals surface area contributed by atoms with E-state index in [9.17, 15) is 4.79 Å². The molecule has 4 rings (SSSR count). The highest BCUT2D eigenvalue weighted by Crippen LogP contribution is 2.45. The molecule has 1 saturated carbocycles. The van der Waals surface area contributed by atoms with Crippen molar-refractivity contribution >= 4 is 23.7 Å². The minimum Gasteiger partial charge on any atom is -0.463 e. The number of anilines is 2. The minimum atomic E-state index is -0.320. The second-order valence-electron chi connectivity index (χ2n) is 6.49. The van der Waals surface area contributed by atoms with Gasteiger partial charge in [0, 0.05) is 37.3 Å². The highest BCUT2D eigenvalue weighted by atomic mass is 16.5. The van der Waals surface area contributed by atoms with Gasteiger partial charge in [-0.25, -0.2) is 9.78 Å². The summed E-state index contributed by atoms with van der Waals surface area (Å²) in [5.41, 5.74) is 3.33. The lowest BCUT2D eigenvalue weighted by Gasteiger charge is -2.19. The first-order valence-corrected chi connectivity index (χ1v) is 8.82. The van der Waals surface area contributed by atoms with Gasteiger partial charge in [0.15, 0.2) is 0 Å². The van der Waals surface area contributed by atoms with E-state index in [-0.39, 0.29) is 5.97 Å². The molecule has 1 aliphatic carbocycles. The number of carbonyl (C=O) groups excluding carboxylic acids is 1. The normalized spacial score (nSPS) is 16.5. The van der Waals surface area contributed by atoms with E-state index in [4.69, 9.17) is 9.84 Å². The summed E-state index contributed by atoms with van der Waals surface area (Å²) in [5, 5.41) is 4.76. The summed E-state index contributed by atoms with van der Waals surface area (Å²) in [6.07, 6.45) is 8.47. The molecule has 2 aliphatic rings. The Hall–Kier alpha value is -2.63. The lowest BCUT2D eigenvalue weighted by molar-refractivity contribution is -0.137. The molecule has 6 nitrogen and oxygen atoms in total. The van der Waals surface area contributed by atoms with Crippen LogP contribution in [0.15, 0.2) is 24.4 Å². The molecule has 2 aromatic rings. The maximum atomic E-state index is 11.8. The highest BCUT2D eigenvalue weighted by molar-refractivity contribution is 5.89. The molecule has 25 heavy (non-hydrogen) atoms. The van der Waals surface area contributed by atoms with Crippen molar-refractivity contribution in [3.8, 4) is 0 Å². The van der Waals surface area contributed by atoms with E-state index >= 15 is 0 Å². The Morgan fingerprint density at radius 1 is 1.44 bits per heavy atom. The summed E-state index contributed by atoms with van der Waals surface area (Å²) >= 11 is 0. The van der Waals surface area contributed by atoms with Gasteiger partial charge in [-0.1, -0.05) is 6.07 Å². The maximum absolute atomic E-state index is 11.8. The van der Waals surface area contributed by atoms with Crippen LogP contribution in [-0.4, -0.2) is 33.9 Å². The van der Waals surface area contributed by atoms with Crippen LogP contribution in [0.2, 0.25) is 0 Å². The van der Waals surface area contributed by atoms with E-state index in [0.29, 0.717) is 12.5 Å². The van der Waals surface area contributed by atoms with Crippen LogP contribution in [0.5, 0.6) is 0 Å².